The Morgan fingerprint density at radius 3 is 1.84 bits per heavy atom. The summed E-state index contributed by atoms with van der Waals surface area (Å²) in [5.41, 5.74) is 11.0. The van der Waals surface area contributed by atoms with Crippen molar-refractivity contribution in [1.82, 2.24) is 13.7 Å². The molecule has 49 heavy (non-hydrogen) atoms. The fraction of sp³-hybridized carbons (Fsp3) is 0. The van der Waals surface area contributed by atoms with Crippen LogP contribution >= 0.6 is 0 Å². The molecule has 10 aromatic rings. The highest BCUT2D eigenvalue weighted by Gasteiger charge is 2.21. The van der Waals surface area contributed by atoms with E-state index in [9.17, 15) is 5.26 Å². The van der Waals surface area contributed by atoms with E-state index in [1.54, 1.807) is 0 Å². The van der Waals surface area contributed by atoms with Crippen molar-refractivity contribution in [2.45, 2.75) is 0 Å². The summed E-state index contributed by atoms with van der Waals surface area (Å²) < 4.78 is 7.01. The predicted molar refractivity (Wildman–Crippen MR) is 200 cm³/mol. The van der Waals surface area contributed by atoms with Gasteiger partial charge < -0.3 is 13.7 Å². The van der Waals surface area contributed by atoms with Gasteiger partial charge in [-0.1, -0.05) is 72.8 Å². The van der Waals surface area contributed by atoms with Gasteiger partial charge in [0.1, 0.15) is 0 Å². The van der Waals surface area contributed by atoms with Gasteiger partial charge >= 0.3 is 0 Å². The third kappa shape index (κ3) is 3.79. The van der Waals surface area contributed by atoms with Gasteiger partial charge in [0.05, 0.1) is 51.3 Å². The molecule has 0 spiro atoms. The molecular formula is C44H25N5. The standard InChI is InChI=1S/C44H25N5/c1-46-29-19-22-41-37(25-29)34-20-23-42-43(35-15-6-8-17-39(35)47(42)30-10-3-2-4-11-30)44(34)49(41)32-13-9-12-31(26-32)48-38-16-7-5-14-33(38)36-24-28(27-45)18-21-40(36)48/h2-26H. The van der Waals surface area contributed by atoms with E-state index in [2.05, 4.69) is 146 Å². The number of aromatic nitrogens is 3. The number of fused-ring (bicyclic) bond motifs is 10. The summed E-state index contributed by atoms with van der Waals surface area (Å²) in [5.74, 6) is 0. The van der Waals surface area contributed by atoms with E-state index >= 15 is 0 Å². The fourth-order valence-electron chi connectivity index (χ4n) is 7.83. The summed E-state index contributed by atoms with van der Waals surface area (Å²) in [6.45, 7) is 7.80. The first-order chi connectivity index (χ1) is 24.2. The molecule has 0 unspecified atom stereocenters. The second-order valence-corrected chi connectivity index (χ2v) is 12.4. The van der Waals surface area contributed by atoms with Crippen LogP contribution in [0.2, 0.25) is 0 Å². The Labute approximate surface area is 281 Å². The molecule has 0 aliphatic heterocycles. The van der Waals surface area contributed by atoms with Crippen molar-refractivity contribution >= 4 is 71.1 Å². The molecule has 0 fully saturated rings. The van der Waals surface area contributed by atoms with Crippen LogP contribution in [0.3, 0.4) is 0 Å². The van der Waals surface area contributed by atoms with Crippen LogP contribution in [0.25, 0.3) is 87.3 Å². The van der Waals surface area contributed by atoms with E-state index in [0.29, 0.717) is 11.3 Å². The van der Waals surface area contributed by atoms with Crippen LogP contribution in [0.15, 0.2) is 152 Å². The van der Waals surface area contributed by atoms with Crippen LogP contribution in [-0.2, 0) is 0 Å². The summed E-state index contributed by atoms with van der Waals surface area (Å²) >= 11 is 0. The molecule has 0 aliphatic rings. The Kier molecular flexibility index (Phi) is 5.64. The molecule has 5 nitrogen and oxygen atoms in total. The van der Waals surface area contributed by atoms with E-state index < -0.39 is 0 Å². The monoisotopic (exact) mass is 623 g/mol. The van der Waals surface area contributed by atoms with E-state index in [4.69, 9.17) is 6.57 Å². The summed E-state index contributed by atoms with van der Waals surface area (Å²) in [4.78, 5) is 3.80. The first kappa shape index (κ1) is 27.1. The predicted octanol–water partition coefficient (Wildman–Crippen LogP) is 11.4. The third-order valence-electron chi connectivity index (χ3n) is 9.84. The van der Waals surface area contributed by atoms with Crippen LogP contribution < -0.4 is 0 Å². The molecule has 5 heteroatoms. The molecule has 0 atom stereocenters. The smallest absolute Gasteiger partial charge is 0.188 e. The zero-order valence-electron chi connectivity index (χ0n) is 26.2. The van der Waals surface area contributed by atoms with Gasteiger partial charge in [-0.15, -0.1) is 0 Å². The second kappa shape index (κ2) is 10.2. The second-order valence-electron chi connectivity index (χ2n) is 12.4. The molecule has 0 saturated carbocycles. The van der Waals surface area contributed by atoms with Crippen LogP contribution in [0.5, 0.6) is 0 Å². The summed E-state index contributed by atoms with van der Waals surface area (Å²) in [7, 11) is 0. The summed E-state index contributed by atoms with van der Waals surface area (Å²) in [6.07, 6.45) is 0. The van der Waals surface area contributed by atoms with Crippen LogP contribution in [-0.4, -0.2) is 13.7 Å². The van der Waals surface area contributed by atoms with E-state index in [0.717, 1.165) is 71.7 Å². The molecule has 0 saturated heterocycles. The minimum atomic E-state index is 0.620. The molecule has 0 N–H and O–H groups in total. The van der Waals surface area contributed by atoms with Crippen molar-refractivity contribution in [2.24, 2.45) is 0 Å². The van der Waals surface area contributed by atoms with Crippen LogP contribution in [0.4, 0.5) is 5.69 Å². The number of nitriles is 1. The number of nitrogens with zero attached hydrogens (tertiary/aromatic N) is 5. The Morgan fingerprint density at radius 1 is 0.449 bits per heavy atom. The topological polar surface area (TPSA) is 42.9 Å². The molecule has 0 bridgehead atoms. The lowest BCUT2D eigenvalue weighted by molar-refractivity contribution is 1.14. The molecule has 7 aromatic carbocycles. The Morgan fingerprint density at radius 2 is 1.04 bits per heavy atom. The molecule has 0 radical (unpaired) electrons. The average Bonchev–Trinajstić information content (AvgIpc) is 3.80. The number of hydrogen-bond donors (Lipinski definition) is 0. The molecule has 0 aliphatic carbocycles. The lowest BCUT2D eigenvalue weighted by Gasteiger charge is -2.13. The van der Waals surface area contributed by atoms with Gasteiger partial charge in [0, 0.05) is 44.0 Å². The first-order valence-electron chi connectivity index (χ1n) is 16.2. The molecule has 10 rings (SSSR count). The van der Waals surface area contributed by atoms with Crippen molar-refractivity contribution in [2.75, 3.05) is 0 Å². The van der Waals surface area contributed by atoms with Gasteiger partial charge in [0.2, 0.25) is 0 Å². The van der Waals surface area contributed by atoms with Gasteiger partial charge in [-0.25, -0.2) is 4.85 Å². The molecule has 226 valence electrons. The highest BCUT2D eigenvalue weighted by molar-refractivity contribution is 6.26. The zero-order valence-corrected chi connectivity index (χ0v) is 26.2. The van der Waals surface area contributed by atoms with Gasteiger partial charge in [-0.2, -0.15) is 5.26 Å². The van der Waals surface area contributed by atoms with Crippen molar-refractivity contribution in [3.8, 4) is 23.1 Å². The van der Waals surface area contributed by atoms with Gasteiger partial charge in [-0.05, 0) is 84.2 Å². The van der Waals surface area contributed by atoms with Crippen LogP contribution in [0.1, 0.15) is 5.56 Å². The maximum Gasteiger partial charge on any atom is 0.188 e. The number of rotatable bonds is 3. The van der Waals surface area contributed by atoms with Crippen molar-refractivity contribution in [3.63, 3.8) is 0 Å². The fourth-order valence-corrected chi connectivity index (χ4v) is 7.83. The third-order valence-corrected chi connectivity index (χ3v) is 9.84. The Hall–Kier alpha value is -7.08. The van der Waals surface area contributed by atoms with Crippen molar-refractivity contribution < 1.29 is 0 Å². The minimum Gasteiger partial charge on any atom is -0.309 e. The van der Waals surface area contributed by atoms with E-state index in [1.165, 1.54) is 10.8 Å². The Balaban J connectivity index is 1.34. The number of hydrogen-bond acceptors (Lipinski definition) is 1. The SMILES string of the molecule is [C-]#[N+]c1ccc2c(c1)c1ccc3c(c4ccccc4n3-c3ccccc3)c1n2-c1cccc(-n2c3ccccc3c3cc(C#N)ccc32)c1. The largest absolute Gasteiger partial charge is 0.309 e. The number of benzene rings is 7. The van der Waals surface area contributed by atoms with Gasteiger partial charge in [-0.3, -0.25) is 0 Å². The Bertz CT molecular complexity index is 3070. The lowest BCUT2D eigenvalue weighted by Crippen LogP contribution is -1.99. The zero-order chi connectivity index (χ0) is 32.6. The average molecular weight is 624 g/mol. The number of para-hydroxylation sites is 3. The van der Waals surface area contributed by atoms with Gasteiger partial charge in [0.15, 0.2) is 5.69 Å². The van der Waals surface area contributed by atoms with Crippen molar-refractivity contribution in [1.29, 1.82) is 5.26 Å². The summed E-state index contributed by atoms with van der Waals surface area (Å²) in [5, 5.41) is 16.3. The quantitative estimate of drug-likeness (QED) is 0.181. The highest BCUT2D eigenvalue weighted by atomic mass is 15.0. The van der Waals surface area contributed by atoms with Crippen LogP contribution in [0, 0.1) is 17.9 Å². The first-order valence-corrected chi connectivity index (χ1v) is 16.2. The lowest BCUT2D eigenvalue weighted by atomic mass is 10.1. The maximum absolute atomic E-state index is 9.67. The maximum atomic E-state index is 9.67. The van der Waals surface area contributed by atoms with E-state index in [1.807, 2.05) is 30.3 Å². The molecule has 0 amide bonds. The molecule has 3 aromatic heterocycles. The van der Waals surface area contributed by atoms with E-state index in [-0.39, 0.29) is 0 Å². The molecular weight excluding hydrogens is 599 g/mol. The molecule has 3 heterocycles. The highest BCUT2D eigenvalue weighted by Crippen LogP contribution is 2.43. The van der Waals surface area contributed by atoms with Gasteiger partial charge in [0.25, 0.3) is 0 Å². The van der Waals surface area contributed by atoms with Crippen molar-refractivity contribution in [3.05, 3.63) is 169 Å². The normalized spacial score (nSPS) is 11.6. The summed E-state index contributed by atoms with van der Waals surface area (Å²) in [6, 6.07) is 54.9. The minimum absolute atomic E-state index is 0.620.